The van der Waals surface area contributed by atoms with Gasteiger partial charge in [-0.05, 0) is 54.6 Å². The summed E-state index contributed by atoms with van der Waals surface area (Å²) in [6, 6.07) is 53.7. The Morgan fingerprint density at radius 2 is 0.976 bits per heavy atom. The highest BCUT2D eigenvalue weighted by Gasteiger charge is 2.29. The second kappa shape index (κ2) is 9.76. The topological polar surface area (TPSA) is 26.9 Å². The van der Waals surface area contributed by atoms with Gasteiger partial charge in [-0.1, -0.05) is 103 Å². The van der Waals surface area contributed by atoms with Gasteiger partial charge in [0.05, 0.1) is 16.6 Å². The SMILES string of the molecule is O=P(c1ccccc1)(c1ccccc1)c1ccc(-n2ccc3c2ccc2c4ccccc4n(-c4ccccc4)c23)cc1. The van der Waals surface area contributed by atoms with Crippen LogP contribution in [0.25, 0.3) is 44.1 Å². The number of rotatable bonds is 5. The summed E-state index contributed by atoms with van der Waals surface area (Å²) in [6.07, 6.45) is 2.14. The van der Waals surface area contributed by atoms with Crippen molar-refractivity contribution in [1.82, 2.24) is 9.13 Å². The number of nitrogens with zero attached hydrogens (tertiary/aromatic N) is 2. The number of para-hydroxylation sites is 2. The first-order valence-electron chi connectivity index (χ1n) is 14.1. The first kappa shape index (κ1) is 24.7. The number of benzene rings is 6. The van der Waals surface area contributed by atoms with Crippen LogP contribution in [0.15, 0.2) is 164 Å². The van der Waals surface area contributed by atoms with Gasteiger partial charge in [-0.15, -0.1) is 0 Å². The molecule has 0 unspecified atom stereocenters. The average Bonchev–Trinajstić information content (AvgIpc) is 3.65. The first-order chi connectivity index (χ1) is 20.7. The molecular formula is C38H27N2OP. The summed E-state index contributed by atoms with van der Waals surface area (Å²) in [5.41, 5.74) is 5.70. The molecule has 3 nitrogen and oxygen atoms in total. The smallest absolute Gasteiger partial charge is 0.171 e. The molecule has 0 N–H and O–H groups in total. The summed E-state index contributed by atoms with van der Waals surface area (Å²) in [6.45, 7) is 0. The van der Waals surface area contributed by atoms with Gasteiger partial charge < -0.3 is 13.7 Å². The van der Waals surface area contributed by atoms with Gasteiger partial charge in [-0.25, -0.2) is 0 Å². The van der Waals surface area contributed by atoms with Gasteiger partial charge in [-0.2, -0.15) is 0 Å². The summed E-state index contributed by atoms with van der Waals surface area (Å²) in [7, 11) is -3.02. The maximum atomic E-state index is 14.8. The van der Waals surface area contributed by atoms with Crippen molar-refractivity contribution in [3.63, 3.8) is 0 Å². The van der Waals surface area contributed by atoms with E-state index in [1.54, 1.807) is 0 Å². The van der Waals surface area contributed by atoms with Gasteiger partial charge in [0.15, 0.2) is 7.14 Å². The highest BCUT2D eigenvalue weighted by atomic mass is 31.2. The molecular weight excluding hydrogens is 531 g/mol. The molecule has 0 bridgehead atoms. The molecule has 0 amide bonds. The van der Waals surface area contributed by atoms with Crippen molar-refractivity contribution in [2.24, 2.45) is 0 Å². The Labute approximate surface area is 244 Å². The van der Waals surface area contributed by atoms with Gasteiger partial charge in [0.2, 0.25) is 0 Å². The van der Waals surface area contributed by atoms with E-state index >= 15 is 0 Å². The third kappa shape index (κ3) is 3.71. The molecule has 4 heteroatoms. The minimum atomic E-state index is -3.02. The van der Waals surface area contributed by atoms with E-state index in [1.807, 2.05) is 72.8 Å². The minimum Gasteiger partial charge on any atom is -0.316 e. The van der Waals surface area contributed by atoms with E-state index in [0.29, 0.717) is 0 Å². The number of fused-ring (bicyclic) bond motifs is 5. The third-order valence-electron chi connectivity index (χ3n) is 8.25. The van der Waals surface area contributed by atoms with Crippen LogP contribution in [-0.2, 0) is 4.57 Å². The molecule has 0 aliphatic heterocycles. The molecule has 2 aromatic heterocycles. The normalized spacial score (nSPS) is 11.9. The van der Waals surface area contributed by atoms with Crippen LogP contribution < -0.4 is 15.9 Å². The Morgan fingerprint density at radius 1 is 0.405 bits per heavy atom. The lowest BCUT2D eigenvalue weighted by Gasteiger charge is -2.20. The predicted octanol–water partition coefficient (Wildman–Crippen LogP) is 8.37. The minimum absolute atomic E-state index is 0.826. The van der Waals surface area contributed by atoms with E-state index in [-0.39, 0.29) is 0 Å². The fourth-order valence-corrected chi connectivity index (χ4v) is 8.94. The van der Waals surface area contributed by atoms with E-state index in [1.165, 1.54) is 27.2 Å². The van der Waals surface area contributed by atoms with Crippen LogP contribution in [0.4, 0.5) is 0 Å². The van der Waals surface area contributed by atoms with E-state index in [2.05, 4.69) is 100 Å². The van der Waals surface area contributed by atoms with Crippen molar-refractivity contribution in [3.8, 4) is 11.4 Å². The molecule has 200 valence electrons. The quantitative estimate of drug-likeness (QED) is 0.195. The zero-order chi connectivity index (χ0) is 28.1. The molecule has 42 heavy (non-hydrogen) atoms. The van der Waals surface area contributed by atoms with Crippen LogP contribution >= 0.6 is 7.14 Å². The summed E-state index contributed by atoms with van der Waals surface area (Å²) < 4.78 is 19.4. The largest absolute Gasteiger partial charge is 0.316 e. The zero-order valence-electron chi connectivity index (χ0n) is 22.8. The van der Waals surface area contributed by atoms with Crippen molar-refractivity contribution < 1.29 is 4.57 Å². The van der Waals surface area contributed by atoms with E-state index in [4.69, 9.17) is 0 Å². The molecule has 0 fully saturated rings. The lowest BCUT2D eigenvalue weighted by molar-refractivity contribution is 0.592. The van der Waals surface area contributed by atoms with E-state index < -0.39 is 7.14 Å². The van der Waals surface area contributed by atoms with Crippen LogP contribution in [0.1, 0.15) is 0 Å². The van der Waals surface area contributed by atoms with Crippen molar-refractivity contribution >= 4 is 55.8 Å². The van der Waals surface area contributed by atoms with Crippen LogP contribution in [0.5, 0.6) is 0 Å². The van der Waals surface area contributed by atoms with Gasteiger partial charge in [-0.3, -0.25) is 0 Å². The molecule has 8 aromatic rings. The fraction of sp³-hybridized carbons (Fsp3) is 0. The van der Waals surface area contributed by atoms with Crippen LogP contribution in [0.3, 0.4) is 0 Å². The summed E-state index contributed by atoms with van der Waals surface area (Å²) in [5, 5.41) is 6.18. The van der Waals surface area contributed by atoms with Crippen molar-refractivity contribution in [3.05, 3.63) is 164 Å². The lowest BCUT2D eigenvalue weighted by Crippen LogP contribution is -2.24. The number of hydrogen-bond donors (Lipinski definition) is 0. The highest BCUT2D eigenvalue weighted by molar-refractivity contribution is 7.85. The molecule has 0 saturated carbocycles. The second-order valence-corrected chi connectivity index (χ2v) is 13.3. The van der Waals surface area contributed by atoms with Crippen LogP contribution in [0.2, 0.25) is 0 Å². The molecule has 0 atom stereocenters. The molecule has 0 aliphatic rings. The Kier molecular flexibility index (Phi) is 5.73. The van der Waals surface area contributed by atoms with Crippen molar-refractivity contribution in [2.45, 2.75) is 0 Å². The monoisotopic (exact) mass is 558 g/mol. The summed E-state index contributed by atoms with van der Waals surface area (Å²) in [5.74, 6) is 0. The maximum Gasteiger partial charge on any atom is 0.171 e. The molecule has 2 heterocycles. The van der Waals surface area contributed by atoms with Crippen LogP contribution in [-0.4, -0.2) is 9.13 Å². The van der Waals surface area contributed by atoms with Gasteiger partial charge >= 0.3 is 0 Å². The zero-order valence-corrected chi connectivity index (χ0v) is 23.7. The maximum absolute atomic E-state index is 14.8. The first-order valence-corrected chi connectivity index (χ1v) is 15.8. The Bertz CT molecular complexity index is 2200. The predicted molar refractivity (Wildman–Crippen MR) is 177 cm³/mol. The van der Waals surface area contributed by atoms with E-state index in [9.17, 15) is 4.57 Å². The summed E-state index contributed by atoms with van der Waals surface area (Å²) in [4.78, 5) is 0. The fourth-order valence-electron chi connectivity index (χ4n) is 6.29. The van der Waals surface area contributed by atoms with Crippen molar-refractivity contribution in [2.75, 3.05) is 0 Å². The standard InChI is InChI=1S/C38H27N2OP/c41-42(30-14-6-2-7-15-30,31-16-8-3-9-17-31)32-22-20-28(21-23-32)39-27-26-35-36(39)25-24-34-33-18-10-11-19-37(33)40(38(34)35)29-12-4-1-5-13-29/h1-27H. The Balaban J connectivity index is 1.30. The lowest BCUT2D eigenvalue weighted by atomic mass is 10.1. The third-order valence-corrected chi connectivity index (χ3v) is 11.3. The molecule has 0 spiro atoms. The second-order valence-electron chi connectivity index (χ2n) is 10.6. The molecule has 0 radical (unpaired) electrons. The number of hydrogen-bond acceptors (Lipinski definition) is 1. The van der Waals surface area contributed by atoms with Crippen LogP contribution in [0, 0.1) is 0 Å². The Morgan fingerprint density at radius 3 is 1.64 bits per heavy atom. The van der Waals surface area contributed by atoms with Gasteiger partial charge in [0.25, 0.3) is 0 Å². The summed E-state index contributed by atoms with van der Waals surface area (Å²) >= 11 is 0. The number of aromatic nitrogens is 2. The van der Waals surface area contributed by atoms with Gasteiger partial charge in [0, 0.05) is 49.6 Å². The molecule has 0 saturated heterocycles. The molecule has 6 aromatic carbocycles. The van der Waals surface area contributed by atoms with Gasteiger partial charge in [0.1, 0.15) is 0 Å². The molecule has 0 aliphatic carbocycles. The highest BCUT2D eigenvalue weighted by Crippen LogP contribution is 2.43. The Hall–Kier alpha value is -5.11. The molecule has 8 rings (SSSR count). The van der Waals surface area contributed by atoms with E-state index in [0.717, 1.165) is 32.8 Å². The van der Waals surface area contributed by atoms with Crippen molar-refractivity contribution in [1.29, 1.82) is 0 Å². The average molecular weight is 559 g/mol.